The lowest BCUT2D eigenvalue weighted by atomic mass is 10.1. The second-order valence-corrected chi connectivity index (χ2v) is 4.88. The maximum Gasteiger partial charge on any atom is 0.0991 e. The van der Waals surface area contributed by atoms with Gasteiger partial charge >= 0.3 is 0 Å². The van der Waals surface area contributed by atoms with Crippen LogP contribution >= 0.6 is 0 Å². The number of nitrogens with one attached hydrogen (secondary N) is 1. The van der Waals surface area contributed by atoms with Gasteiger partial charge in [0.05, 0.1) is 11.6 Å². The summed E-state index contributed by atoms with van der Waals surface area (Å²) < 4.78 is 0. The van der Waals surface area contributed by atoms with Crippen LogP contribution in [0.25, 0.3) is 0 Å². The van der Waals surface area contributed by atoms with Crippen LogP contribution in [-0.4, -0.2) is 43.1 Å². The molecule has 0 spiro atoms. The molecule has 1 aromatic rings. The van der Waals surface area contributed by atoms with E-state index in [1.165, 1.54) is 11.1 Å². The molecule has 1 saturated heterocycles. The number of nitrogens with zero attached hydrogens (tertiary/aromatic N) is 3. The van der Waals surface area contributed by atoms with Crippen molar-refractivity contribution >= 4 is 0 Å². The van der Waals surface area contributed by atoms with Crippen LogP contribution in [0.2, 0.25) is 0 Å². The van der Waals surface area contributed by atoms with Crippen molar-refractivity contribution in [1.82, 2.24) is 15.3 Å². The van der Waals surface area contributed by atoms with Crippen LogP contribution in [0.3, 0.4) is 0 Å². The SMILES string of the molecule is Cc1cc(C#N)ccc1CNN1CCN(C)CC1. The molecule has 0 aromatic heterocycles. The summed E-state index contributed by atoms with van der Waals surface area (Å²) in [5.41, 5.74) is 6.63. The van der Waals surface area contributed by atoms with E-state index >= 15 is 0 Å². The molecule has 4 heteroatoms. The van der Waals surface area contributed by atoms with Crippen LogP contribution in [0.1, 0.15) is 16.7 Å². The van der Waals surface area contributed by atoms with Gasteiger partial charge in [-0.1, -0.05) is 6.07 Å². The van der Waals surface area contributed by atoms with Crippen LogP contribution in [0.15, 0.2) is 18.2 Å². The van der Waals surface area contributed by atoms with E-state index in [2.05, 4.69) is 35.4 Å². The van der Waals surface area contributed by atoms with Crippen molar-refractivity contribution in [1.29, 1.82) is 5.26 Å². The highest BCUT2D eigenvalue weighted by molar-refractivity contribution is 5.37. The molecule has 1 fully saturated rings. The maximum atomic E-state index is 8.83. The summed E-state index contributed by atoms with van der Waals surface area (Å²) in [5, 5.41) is 11.1. The Hall–Kier alpha value is -1.41. The van der Waals surface area contributed by atoms with E-state index in [9.17, 15) is 0 Å². The molecule has 0 radical (unpaired) electrons. The molecule has 0 atom stereocenters. The van der Waals surface area contributed by atoms with Gasteiger partial charge in [-0.05, 0) is 37.2 Å². The van der Waals surface area contributed by atoms with E-state index in [0.717, 1.165) is 38.3 Å². The molecule has 96 valence electrons. The molecule has 1 heterocycles. The molecule has 4 nitrogen and oxygen atoms in total. The van der Waals surface area contributed by atoms with Gasteiger partial charge in [0, 0.05) is 32.7 Å². The minimum atomic E-state index is 0.732. The number of nitriles is 1. The third-order valence-corrected chi connectivity index (χ3v) is 3.47. The van der Waals surface area contributed by atoms with Crippen LogP contribution in [-0.2, 0) is 6.54 Å². The van der Waals surface area contributed by atoms with E-state index in [-0.39, 0.29) is 0 Å². The van der Waals surface area contributed by atoms with Gasteiger partial charge < -0.3 is 4.90 Å². The Morgan fingerprint density at radius 3 is 2.61 bits per heavy atom. The number of benzene rings is 1. The van der Waals surface area contributed by atoms with Crippen molar-refractivity contribution in [3.05, 3.63) is 34.9 Å². The fraction of sp³-hybridized carbons (Fsp3) is 0.500. The Morgan fingerprint density at radius 1 is 1.28 bits per heavy atom. The van der Waals surface area contributed by atoms with Crippen molar-refractivity contribution < 1.29 is 0 Å². The van der Waals surface area contributed by atoms with Gasteiger partial charge in [-0.2, -0.15) is 5.26 Å². The maximum absolute atomic E-state index is 8.83. The largest absolute Gasteiger partial charge is 0.304 e. The predicted octanol–water partition coefficient (Wildman–Crippen LogP) is 1.12. The molecule has 0 saturated carbocycles. The zero-order valence-corrected chi connectivity index (χ0v) is 11.1. The van der Waals surface area contributed by atoms with E-state index in [1.54, 1.807) is 0 Å². The Bertz CT molecular complexity index is 442. The molecular formula is C14H20N4. The Labute approximate surface area is 109 Å². The predicted molar refractivity (Wildman–Crippen MR) is 71.8 cm³/mol. The molecule has 1 aliphatic rings. The van der Waals surface area contributed by atoms with Gasteiger partial charge in [-0.3, -0.25) is 5.43 Å². The van der Waals surface area contributed by atoms with Crippen molar-refractivity contribution in [3.63, 3.8) is 0 Å². The summed E-state index contributed by atoms with van der Waals surface area (Å²) in [5.74, 6) is 0. The van der Waals surface area contributed by atoms with E-state index in [0.29, 0.717) is 0 Å². The number of likely N-dealkylation sites (N-methyl/N-ethyl adjacent to an activating group) is 1. The zero-order chi connectivity index (χ0) is 13.0. The molecule has 1 aliphatic heterocycles. The van der Waals surface area contributed by atoms with Crippen molar-refractivity contribution in [2.75, 3.05) is 33.2 Å². The summed E-state index contributed by atoms with van der Waals surface area (Å²) in [4.78, 5) is 2.34. The van der Waals surface area contributed by atoms with E-state index in [1.807, 2.05) is 18.2 Å². The smallest absolute Gasteiger partial charge is 0.0991 e. The summed E-state index contributed by atoms with van der Waals surface area (Å²) in [6, 6.07) is 8.04. The number of piperazine rings is 1. The van der Waals surface area contributed by atoms with Crippen molar-refractivity contribution in [2.24, 2.45) is 0 Å². The summed E-state index contributed by atoms with van der Waals surface area (Å²) in [6.45, 7) is 7.24. The van der Waals surface area contributed by atoms with Crippen molar-refractivity contribution in [2.45, 2.75) is 13.5 Å². The zero-order valence-electron chi connectivity index (χ0n) is 11.1. The van der Waals surface area contributed by atoms with Crippen LogP contribution in [0.5, 0.6) is 0 Å². The number of hydrazine groups is 1. The average molecular weight is 244 g/mol. The summed E-state index contributed by atoms with van der Waals surface area (Å²) in [6.07, 6.45) is 0. The van der Waals surface area contributed by atoms with Gasteiger partial charge in [0.15, 0.2) is 0 Å². The molecule has 1 aromatic carbocycles. The lowest BCUT2D eigenvalue weighted by molar-refractivity contribution is 0.102. The fourth-order valence-electron chi connectivity index (χ4n) is 2.13. The topological polar surface area (TPSA) is 42.3 Å². The van der Waals surface area contributed by atoms with E-state index < -0.39 is 0 Å². The second-order valence-electron chi connectivity index (χ2n) is 4.88. The van der Waals surface area contributed by atoms with Gasteiger partial charge in [0.2, 0.25) is 0 Å². The highest BCUT2D eigenvalue weighted by atomic mass is 15.5. The Morgan fingerprint density at radius 2 is 2.00 bits per heavy atom. The third-order valence-electron chi connectivity index (χ3n) is 3.47. The highest BCUT2D eigenvalue weighted by Crippen LogP contribution is 2.10. The molecule has 2 rings (SSSR count). The van der Waals surface area contributed by atoms with Crippen LogP contribution in [0, 0.1) is 18.3 Å². The number of rotatable bonds is 3. The standard InChI is InChI=1S/C14H20N4/c1-12-9-13(10-15)3-4-14(12)11-16-18-7-5-17(2)6-8-18/h3-4,9,16H,5-8,11H2,1-2H3. The number of hydrogen-bond acceptors (Lipinski definition) is 4. The summed E-state index contributed by atoms with van der Waals surface area (Å²) >= 11 is 0. The van der Waals surface area contributed by atoms with Gasteiger partial charge in [0.1, 0.15) is 0 Å². The lowest BCUT2D eigenvalue weighted by Crippen LogP contribution is -2.50. The first-order valence-electron chi connectivity index (χ1n) is 6.35. The number of hydrogen-bond donors (Lipinski definition) is 1. The minimum absolute atomic E-state index is 0.732. The second kappa shape index (κ2) is 5.96. The third kappa shape index (κ3) is 3.30. The Balaban J connectivity index is 1.89. The molecule has 0 bridgehead atoms. The Kier molecular flexibility index (Phi) is 4.32. The molecule has 1 N–H and O–H groups in total. The monoisotopic (exact) mass is 244 g/mol. The van der Waals surface area contributed by atoms with Crippen LogP contribution in [0.4, 0.5) is 0 Å². The summed E-state index contributed by atoms with van der Waals surface area (Å²) in [7, 11) is 2.15. The molecule has 18 heavy (non-hydrogen) atoms. The molecule has 0 amide bonds. The fourth-order valence-corrected chi connectivity index (χ4v) is 2.13. The van der Waals surface area contributed by atoms with Crippen LogP contribution < -0.4 is 5.43 Å². The first kappa shape index (κ1) is 13.0. The normalized spacial score (nSPS) is 17.6. The van der Waals surface area contributed by atoms with Gasteiger partial charge in [0.25, 0.3) is 0 Å². The molecule has 0 unspecified atom stereocenters. The van der Waals surface area contributed by atoms with Crippen molar-refractivity contribution in [3.8, 4) is 6.07 Å². The number of aryl methyl sites for hydroxylation is 1. The minimum Gasteiger partial charge on any atom is -0.304 e. The molecule has 0 aliphatic carbocycles. The van der Waals surface area contributed by atoms with Gasteiger partial charge in [-0.15, -0.1) is 0 Å². The average Bonchev–Trinajstić information content (AvgIpc) is 2.39. The quantitative estimate of drug-likeness (QED) is 0.865. The van der Waals surface area contributed by atoms with E-state index in [4.69, 9.17) is 5.26 Å². The first-order valence-corrected chi connectivity index (χ1v) is 6.35. The highest BCUT2D eigenvalue weighted by Gasteiger charge is 2.13. The molecular weight excluding hydrogens is 224 g/mol. The first-order chi connectivity index (χ1) is 8.69. The lowest BCUT2D eigenvalue weighted by Gasteiger charge is -2.32. The van der Waals surface area contributed by atoms with Gasteiger partial charge in [-0.25, -0.2) is 5.01 Å².